The molecule has 0 spiro atoms. The third-order valence-electron chi connectivity index (χ3n) is 4.13. The minimum atomic E-state index is -1.24. The first-order chi connectivity index (χ1) is 12.5. The number of aliphatic hydroxyl groups excluding tert-OH is 1. The molecule has 26 heavy (non-hydrogen) atoms. The second-order valence-corrected chi connectivity index (χ2v) is 6.19. The Kier molecular flexibility index (Phi) is 6.89. The Hall–Kier alpha value is -2.70. The first-order valence-electron chi connectivity index (χ1n) is 8.58. The van der Waals surface area contributed by atoms with Crippen LogP contribution in [-0.2, 0) is 11.2 Å². The smallest absolute Gasteiger partial charge is 0.268 e. The van der Waals surface area contributed by atoms with Crippen molar-refractivity contribution in [2.24, 2.45) is 0 Å². The van der Waals surface area contributed by atoms with E-state index in [-0.39, 0.29) is 0 Å². The van der Waals surface area contributed by atoms with Crippen molar-refractivity contribution in [2.45, 2.75) is 38.8 Å². The minimum absolute atomic E-state index is 0.354. The summed E-state index contributed by atoms with van der Waals surface area (Å²) in [5.41, 5.74) is 5.11. The van der Waals surface area contributed by atoms with Crippen molar-refractivity contribution in [2.75, 3.05) is 0 Å². The van der Waals surface area contributed by atoms with E-state index in [0.717, 1.165) is 24.0 Å². The van der Waals surface area contributed by atoms with Gasteiger partial charge in [-0.3, -0.25) is 14.8 Å². The van der Waals surface area contributed by atoms with Gasteiger partial charge in [0.1, 0.15) is 6.04 Å². The van der Waals surface area contributed by atoms with E-state index in [1.807, 2.05) is 12.1 Å². The van der Waals surface area contributed by atoms with Crippen molar-refractivity contribution in [3.63, 3.8) is 0 Å². The summed E-state index contributed by atoms with van der Waals surface area (Å²) in [6.45, 7) is 3.50. The summed E-state index contributed by atoms with van der Waals surface area (Å²) in [5, 5.41) is 20.7. The van der Waals surface area contributed by atoms with Crippen LogP contribution in [0.1, 0.15) is 36.2 Å². The maximum Gasteiger partial charge on any atom is 0.268 e. The molecule has 0 aliphatic rings. The molecule has 138 valence electrons. The number of aryl methyl sites for hydroxylation is 1. The SMILES string of the molecule is CCCc1ccc(-c2ccc(C(=O)N[C@H](C(=O)NO)[C@@H](C)O)cc2)cc1. The molecule has 2 atom stereocenters. The number of amides is 2. The number of aliphatic hydroxyl groups is 1. The lowest BCUT2D eigenvalue weighted by Crippen LogP contribution is -2.51. The molecule has 6 heteroatoms. The molecule has 2 rings (SSSR count). The van der Waals surface area contributed by atoms with Crippen LogP contribution in [0.25, 0.3) is 11.1 Å². The molecule has 0 unspecified atom stereocenters. The van der Waals surface area contributed by atoms with E-state index in [1.165, 1.54) is 18.0 Å². The van der Waals surface area contributed by atoms with E-state index < -0.39 is 24.0 Å². The molecule has 0 fully saturated rings. The molecule has 0 bridgehead atoms. The molecule has 0 saturated carbocycles. The van der Waals surface area contributed by atoms with E-state index in [4.69, 9.17) is 5.21 Å². The van der Waals surface area contributed by atoms with Gasteiger partial charge in [0, 0.05) is 5.56 Å². The second kappa shape index (κ2) is 9.12. The van der Waals surface area contributed by atoms with Crippen molar-refractivity contribution in [1.82, 2.24) is 10.8 Å². The van der Waals surface area contributed by atoms with Gasteiger partial charge in [0.15, 0.2) is 0 Å². The van der Waals surface area contributed by atoms with E-state index in [2.05, 4.69) is 36.5 Å². The summed E-state index contributed by atoms with van der Waals surface area (Å²) in [7, 11) is 0. The Morgan fingerprint density at radius 3 is 2.00 bits per heavy atom. The van der Waals surface area contributed by atoms with E-state index in [1.54, 1.807) is 12.1 Å². The Bertz CT molecular complexity index is 739. The number of hydroxylamine groups is 1. The maximum atomic E-state index is 12.3. The average molecular weight is 356 g/mol. The molecule has 4 N–H and O–H groups in total. The van der Waals surface area contributed by atoms with Crippen molar-refractivity contribution in [3.05, 3.63) is 59.7 Å². The first kappa shape index (κ1) is 19.6. The van der Waals surface area contributed by atoms with Crippen LogP contribution < -0.4 is 10.8 Å². The normalized spacial score (nSPS) is 12.9. The van der Waals surface area contributed by atoms with Crippen molar-refractivity contribution < 1.29 is 19.9 Å². The number of benzene rings is 2. The van der Waals surface area contributed by atoms with Gasteiger partial charge >= 0.3 is 0 Å². The molecular weight excluding hydrogens is 332 g/mol. The molecule has 0 aromatic heterocycles. The fraction of sp³-hybridized carbons (Fsp3) is 0.300. The van der Waals surface area contributed by atoms with E-state index in [9.17, 15) is 14.7 Å². The molecule has 0 aliphatic heterocycles. The van der Waals surface area contributed by atoms with Gasteiger partial charge in [-0.2, -0.15) is 0 Å². The second-order valence-electron chi connectivity index (χ2n) is 6.19. The highest BCUT2D eigenvalue weighted by molar-refractivity contribution is 5.97. The maximum absolute atomic E-state index is 12.3. The summed E-state index contributed by atoms with van der Waals surface area (Å²) >= 11 is 0. The molecular formula is C20H24N2O4. The third kappa shape index (κ3) is 4.91. The first-order valence-corrected chi connectivity index (χ1v) is 8.58. The largest absolute Gasteiger partial charge is 0.391 e. The van der Waals surface area contributed by atoms with Gasteiger partial charge in [0.2, 0.25) is 0 Å². The lowest BCUT2D eigenvalue weighted by Gasteiger charge is -2.19. The zero-order chi connectivity index (χ0) is 19.1. The van der Waals surface area contributed by atoms with Gasteiger partial charge in [-0.05, 0) is 42.2 Å². The van der Waals surface area contributed by atoms with Crippen LogP contribution in [0.5, 0.6) is 0 Å². The number of carbonyl (C=O) groups excluding carboxylic acids is 2. The molecule has 0 heterocycles. The van der Waals surface area contributed by atoms with Crippen LogP contribution in [0.3, 0.4) is 0 Å². The van der Waals surface area contributed by atoms with Gasteiger partial charge in [-0.1, -0.05) is 49.7 Å². The topological polar surface area (TPSA) is 98.7 Å². The van der Waals surface area contributed by atoms with Crippen LogP contribution in [0.15, 0.2) is 48.5 Å². The van der Waals surface area contributed by atoms with Gasteiger partial charge in [-0.25, -0.2) is 5.48 Å². The highest BCUT2D eigenvalue weighted by atomic mass is 16.5. The minimum Gasteiger partial charge on any atom is -0.391 e. The Labute approximate surface area is 152 Å². The number of carbonyl (C=O) groups is 2. The molecule has 0 aliphatic carbocycles. The Morgan fingerprint density at radius 1 is 1.00 bits per heavy atom. The number of rotatable bonds is 7. The van der Waals surface area contributed by atoms with Gasteiger partial charge in [0.25, 0.3) is 11.8 Å². The number of hydrogen-bond acceptors (Lipinski definition) is 4. The Balaban J connectivity index is 2.10. The zero-order valence-corrected chi connectivity index (χ0v) is 14.9. The third-order valence-corrected chi connectivity index (χ3v) is 4.13. The predicted molar refractivity (Wildman–Crippen MR) is 98.7 cm³/mol. The summed E-state index contributed by atoms with van der Waals surface area (Å²) in [4.78, 5) is 23.8. The fourth-order valence-corrected chi connectivity index (χ4v) is 2.67. The molecule has 2 aromatic carbocycles. The molecule has 2 aromatic rings. The predicted octanol–water partition coefficient (Wildman–Crippen LogP) is 2.29. The Morgan fingerprint density at radius 2 is 1.54 bits per heavy atom. The van der Waals surface area contributed by atoms with Gasteiger partial charge in [0.05, 0.1) is 6.10 Å². The molecule has 6 nitrogen and oxygen atoms in total. The number of nitrogens with one attached hydrogen (secondary N) is 2. The van der Waals surface area contributed by atoms with Crippen LogP contribution in [0.2, 0.25) is 0 Å². The van der Waals surface area contributed by atoms with Gasteiger partial charge in [-0.15, -0.1) is 0 Å². The standard InChI is InChI=1S/C20H24N2O4/c1-3-4-14-5-7-15(8-6-14)16-9-11-17(12-10-16)19(24)21-18(13(2)23)20(25)22-26/h5-13,18,23,26H,3-4H2,1-2H3,(H,21,24)(H,22,25)/t13-,18+/m1/s1. The summed E-state index contributed by atoms with van der Waals surface area (Å²) in [5.74, 6) is -1.39. The molecule has 2 amide bonds. The molecule has 0 saturated heterocycles. The van der Waals surface area contributed by atoms with Crippen LogP contribution >= 0.6 is 0 Å². The fourth-order valence-electron chi connectivity index (χ4n) is 2.67. The summed E-state index contributed by atoms with van der Waals surface area (Å²) < 4.78 is 0. The average Bonchev–Trinajstić information content (AvgIpc) is 2.66. The van der Waals surface area contributed by atoms with Crippen LogP contribution in [-0.4, -0.2) is 34.3 Å². The summed E-state index contributed by atoms with van der Waals surface area (Å²) in [6, 6.07) is 14.0. The van der Waals surface area contributed by atoms with Crippen molar-refractivity contribution >= 4 is 11.8 Å². The monoisotopic (exact) mass is 356 g/mol. The quantitative estimate of drug-likeness (QED) is 0.452. The zero-order valence-electron chi connectivity index (χ0n) is 14.9. The van der Waals surface area contributed by atoms with Crippen molar-refractivity contribution in [1.29, 1.82) is 0 Å². The van der Waals surface area contributed by atoms with E-state index >= 15 is 0 Å². The number of hydrogen-bond donors (Lipinski definition) is 4. The van der Waals surface area contributed by atoms with Crippen LogP contribution in [0, 0.1) is 0 Å². The lowest BCUT2D eigenvalue weighted by molar-refractivity contribution is -0.133. The lowest BCUT2D eigenvalue weighted by atomic mass is 10.0. The summed E-state index contributed by atoms with van der Waals surface area (Å²) in [6.07, 6.45) is 1.00. The van der Waals surface area contributed by atoms with Gasteiger partial charge < -0.3 is 10.4 Å². The van der Waals surface area contributed by atoms with Crippen LogP contribution in [0.4, 0.5) is 0 Å². The molecule has 0 radical (unpaired) electrons. The highest BCUT2D eigenvalue weighted by Crippen LogP contribution is 2.21. The van der Waals surface area contributed by atoms with Crippen molar-refractivity contribution in [3.8, 4) is 11.1 Å². The highest BCUT2D eigenvalue weighted by Gasteiger charge is 2.25. The van der Waals surface area contributed by atoms with E-state index in [0.29, 0.717) is 5.56 Å².